The highest BCUT2D eigenvalue weighted by Crippen LogP contribution is 2.44. The van der Waals surface area contributed by atoms with E-state index in [9.17, 15) is 10.2 Å². The predicted molar refractivity (Wildman–Crippen MR) is 95.9 cm³/mol. The summed E-state index contributed by atoms with van der Waals surface area (Å²) in [5.74, 6) is 0.627. The third-order valence-electron chi connectivity index (χ3n) is 5.01. The second kappa shape index (κ2) is 6.31. The van der Waals surface area contributed by atoms with Gasteiger partial charge in [0.15, 0.2) is 0 Å². The van der Waals surface area contributed by atoms with Gasteiger partial charge in [0.05, 0.1) is 0 Å². The van der Waals surface area contributed by atoms with Crippen LogP contribution >= 0.6 is 11.8 Å². The largest absolute Gasteiger partial charge is 0.508 e. The van der Waals surface area contributed by atoms with Gasteiger partial charge in [0.1, 0.15) is 11.5 Å². The highest BCUT2D eigenvalue weighted by Gasteiger charge is 2.29. The maximum atomic E-state index is 10.0. The molecule has 2 aliphatic heterocycles. The number of piperazine rings is 1. The van der Waals surface area contributed by atoms with Gasteiger partial charge in [0, 0.05) is 42.0 Å². The van der Waals surface area contributed by atoms with Gasteiger partial charge in [-0.1, -0.05) is 17.8 Å². The maximum absolute atomic E-state index is 10.0. The van der Waals surface area contributed by atoms with Gasteiger partial charge < -0.3 is 15.1 Å². The first-order chi connectivity index (χ1) is 11.6. The van der Waals surface area contributed by atoms with Crippen LogP contribution in [-0.4, -0.2) is 53.2 Å². The lowest BCUT2D eigenvalue weighted by Crippen LogP contribution is -2.46. The summed E-state index contributed by atoms with van der Waals surface area (Å²) in [6.45, 7) is 4.21. The Kier molecular flexibility index (Phi) is 4.16. The molecule has 0 aromatic heterocycles. The molecule has 1 atom stereocenters. The van der Waals surface area contributed by atoms with Crippen LogP contribution in [0.3, 0.4) is 0 Å². The number of aromatic hydroxyl groups is 2. The molecule has 1 fully saturated rings. The smallest absolute Gasteiger partial charge is 0.116 e. The first-order valence-electron chi connectivity index (χ1n) is 8.35. The molecule has 1 unspecified atom stereocenters. The zero-order valence-corrected chi connectivity index (χ0v) is 14.6. The van der Waals surface area contributed by atoms with Gasteiger partial charge in [0.25, 0.3) is 0 Å². The van der Waals surface area contributed by atoms with Crippen LogP contribution in [0, 0.1) is 0 Å². The van der Waals surface area contributed by atoms with Crippen molar-refractivity contribution in [2.45, 2.75) is 22.3 Å². The van der Waals surface area contributed by atoms with Crippen molar-refractivity contribution in [3.8, 4) is 11.5 Å². The summed E-state index contributed by atoms with van der Waals surface area (Å²) in [6, 6.07) is 11.6. The molecule has 2 aromatic carbocycles. The van der Waals surface area contributed by atoms with Gasteiger partial charge in [-0.25, -0.2) is 0 Å². The molecule has 0 saturated carbocycles. The van der Waals surface area contributed by atoms with Gasteiger partial charge in [-0.05, 0) is 54.9 Å². The van der Waals surface area contributed by atoms with Crippen molar-refractivity contribution in [1.82, 2.24) is 9.80 Å². The van der Waals surface area contributed by atoms with E-state index in [4.69, 9.17) is 0 Å². The standard InChI is InChI=1S/C19H22N2O2S/c1-20-6-8-21(9-7-20)17-10-13-2-3-15(23)12-19(13)24-18-5-4-14(22)11-16(17)18/h2-5,11-12,17,22-23H,6-10H2,1H3. The van der Waals surface area contributed by atoms with E-state index in [1.807, 2.05) is 24.3 Å². The maximum Gasteiger partial charge on any atom is 0.116 e. The van der Waals surface area contributed by atoms with E-state index >= 15 is 0 Å². The summed E-state index contributed by atoms with van der Waals surface area (Å²) in [7, 11) is 2.16. The van der Waals surface area contributed by atoms with Gasteiger partial charge in [0.2, 0.25) is 0 Å². The van der Waals surface area contributed by atoms with Crippen LogP contribution in [0.1, 0.15) is 17.2 Å². The summed E-state index contributed by atoms with van der Waals surface area (Å²) >= 11 is 1.69. The van der Waals surface area contributed by atoms with E-state index in [0.717, 1.165) is 37.5 Å². The van der Waals surface area contributed by atoms with E-state index < -0.39 is 0 Å². The monoisotopic (exact) mass is 342 g/mol. The predicted octanol–water partition coefficient (Wildman–Crippen LogP) is 3.09. The quantitative estimate of drug-likeness (QED) is 0.834. The number of hydrogen-bond donors (Lipinski definition) is 2. The molecule has 0 spiro atoms. The van der Waals surface area contributed by atoms with Crippen LogP contribution < -0.4 is 0 Å². The van der Waals surface area contributed by atoms with E-state index in [1.165, 1.54) is 16.0 Å². The fourth-order valence-corrected chi connectivity index (χ4v) is 4.74. The number of rotatable bonds is 1. The van der Waals surface area contributed by atoms with Crippen molar-refractivity contribution in [2.24, 2.45) is 0 Å². The molecule has 0 bridgehead atoms. The van der Waals surface area contributed by atoms with E-state index in [0.29, 0.717) is 11.5 Å². The topological polar surface area (TPSA) is 46.9 Å². The number of nitrogens with zero attached hydrogens (tertiary/aromatic N) is 2. The Bertz CT molecular complexity index is 757. The Balaban J connectivity index is 1.77. The van der Waals surface area contributed by atoms with Crippen LogP contribution in [0.5, 0.6) is 11.5 Å². The number of phenolic OH excluding ortho intramolecular Hbond substituents is 2. The zero-order valence-electron chi connectivity index (χ0n) is 13.8. The summed E-state index contributed by atoms with van der Waals surface area (Å²) in [4.78, 5) is 7.16. The SMILES string of the molecule is CN1CCN(C2Cc3ccc(O)cc3Sc3ccc(O)cc32)CC1. The van der Waals surface area contributed by atoms with Gasteiger partial charge in [-0.3, -0.25) is 4.90 Å². The Morgan fingerprint density at radius 1 is 0.917 bits per heavy atom. The van der Waals surface area contributed by atoms with Crippen molar-refractivity contribution in [3.63, 3.8) is 0 Å². The molecule has 2 aliphatic rings. The van der Waals surface area contributed by atoms with Crippen LogP contribution in [0.4, 0.5) is 0 Å². The normalized spacial score (nSPS) is 21.8. The van der Waals surface area contributed by atoms with Gasteiger partial charge in [-0.2, -0.15) is 0 Å². The minimum absolute atomic E-state index is 0.263. The number of fused-ring (bicyclic) bond motifs is 2. The first-order valence-corrected chi connectivity index (χ1v) is 9.17. The van der Waals surface area contributed by atoms with Crippen molar-refractivity contribution in [1.29, 1.82) is 0 Å². The lowest BCUT2D eigenvalue weighted by molar-refractivity contribution is 0.109. The summed E-state index contributed by atoms with van der Waals surface area (Å²) in [5, 5.41) is 19.9. The number of benzene rings is 2. The molecule has 2 heterocycles. The molecule has 126 valence electrons. The van der Waals surface area contributed by atoms with Crippen molar-refractivity contribution in [3.05, 3.63) is 47.5 Å². The van der Waals surface area contributed by atoms with E-state index in [2.05, 4.69) is 16.8 Å². The van der Waals surface area contributed by atoms with Crippen LogP contribution in [0.15, 0.2) is 46.2 Å². The molecule has 2 aromatic rings. The average molecular weight is 342 g/mol. The Morgan fingerprint density at radius 2 is 1.62 bits per heavy atom. The molecule has 1 saturated heterocycles. The molecular formula is C19H22N2O2S. The summed E-state index contributed by atoms with van der Waals surface area (Å²) < 4.78 is 0. The summed E-state index contributed by atoms with van der Waals surface area (Å²) in [6.07, 6.45) is 0.906. The number of likely N-dealkylation sites (N-methyl/N-ethyl adjacent to an activating group) is 1. The second-order valence-corrected chi connectivity index (χ2v) is 7.76. The van der Waals surface area contributed by atoms with Crippen molar-refractivity contribution < 1.29 is 10.2 Å². The lowest BCUT2D eigenvalue weighted by atomic mass is 9.96. The third kappa shape index (κ3) is 2.99. The van der Waals surface area contributed by atoms with E-state index in [-0.39, 0.29) is 6.04 Å². The van der Waals surface area contributed by atoms with Crippen molar-refractivity contribution >= 4 is 11.8 Å². The van der Waals surface area contributed by atoms with Crippen LogP contribution in [-0.2, 0) is 6.42 Å². The molecule has 5 heteroatoms. The molecule has 4 nitrogen and oxygen atoms in total. The Labute approximate surface area is 146 Å². The minimum Gasteiger partial charge on any atom is -0.508 e. The minimum atomic E-state index is 0.263. The summed E-state index contributed by atoms with van der Waals surface area (Å²) in [5.41, 5.74) is 2.46. The molecule has 0 radical (unpaired) electrons. The molecule has 0 aliphatic carbocycles. The molecular weight excluding hydrogens is 320 g/mol. The van der Waals surface area contributed by atoms with E-state index in [1.54, 1.807) is 23.9 Å². The third-order valence-corrected chi connectivity index (χ3v) is 6.21. The fraction of sp³-hybridized carbons (Fsp3) is 0.368. The number of phenols is 2. The lowest BCUT2D eigenvalue weighted by Gasteiger charge is -2.38. The molecule has 2 N–H and O–H groups in total. The van der Waals surface area contributed by atoms with Crippen LogP contribution in [0.2, 0.25) is 0 Å². The molecule has 24 heavy (non-hydrogen) atoms. The average Bonchev–Trinajstić information content (AvgIpc) is 2.72. The van der Waals surface area contributed by atoms with Crippen molar-refractivity contribution in [2.75, 3.05) is 33.2 Å². The van der Waals surface area contributed by atoms with Gasteiger partial charge >= 0.3 is 0 Å². The number of hydrogen-bond acceptors (Lipinski definition) is 5. The second-order valence-electron chi connectivity index (χ2n) is 6.68. The fourth-order valence-electron chi connectivity index (χ4n) is 3.59. The molecule has 0 amide bonds. The Hall–Kier alpha value is -1.69. The van der Waals surface area contributed by atoms with Gasteiger partial charge in [-0.15, -0.1) is 0 Å². The Morgan fingerprint density at radius 3 is 2.42 bits per heavy atom. The highest BCUT2D eigenvalue weighted by atomic mass is 32.2. The molecule has 4 rings (SSSR count). The first kappa shape index (κ1) is 15.8. The highest BCUT2D eigenvalue weighted by molar-refractivity contribution is 7.99. The zero-order chi connectivity index (χ0) is 16.7. The van der Waals surface area contributed by atoms with Crippen LogP contribution in [0.25, 0.3) is 0 Å².